The number of nitrogens with two attached hydrogens (primary N) is 1. The first-order valence-electron chi connectivity index (χ1n) is 3.38. The molecule has 1 heterocycles. The zero-order valence-corrected chi connectivity index (χ0v) is 8.98. The number of hydrogen-bond acceptors (Lipinski definition) is 4. The molecule has 0 aliphatic carbocycles. The van der Waals surface area contributed by atoms with Crippen LogP contribution in [-0.2, 0) is 0 Å². The summed E-state index contributed by atoms with van der Waals surface area (Å²) in [4.78, 5) is 0.918. The highest BCUT2D eigenvalue weighted by molar-refractivity contribution is 9.10. The van der Waals surface area contributed by atoms with Gasteiger partial charge in [0, 0.05) is 4.88 Å². The Bertz CT molecular complexity index is 264. The molecule has 1 unspecified atom stereocenters. The third kappa shape index (κ3) is 1.98. The predicted octanol–water partition coefficient (Wildman–Crippen LogP) is 1.51. The number of aliphatic hydroxyl groups excluding tert-OH is 1. The molecule has 1 aromatic heterocycles. The average Bonchev–Trinajstić information content (AvgIpc) is 2.45. The minimum atomic E-state index is -0.310. The quantitative estimate of drug-likeness (QED) is 0.857. The van der Waals surface area contributed by atoms with Gasteiger partial charge in [0.25, 0.3) is 0 Å². The summed E-state index contributed by atoms with van der Waals surface area (Å²) in [7, 11) is 1.60. The molecule has 0 amide bonds. The van der Waals surface area contributed by atoms with Crippen molar-refractivity contribution in [3.8, 4) is 5.06 Å². The summed E-state index contributed by atoms with van der Waals surface area (Å²) in [6, 6.07) is 1.56. The van der Waals surface area contributed by atoms with Crippen LogP contribution in [0.4, 0.5) is 0 Å². The molecule has 68 valence electrons. The van der Waals surface area contributed by atoms with Gasteiger partial charge in [-0.15, -0.1) is 11.3 Å². The highest BCUT2D eigenvalue weighted by Crippen LogP contribution is 2.36. The number of halogens is 1. The van der Waals surface area contributed by atoms with Crippen molar-refractivity contribution in [2.24, 2.45) is 5.73 Å². The second kappa shape index (κ2) is 4.23. The van der Waals surface area contributed by atoms with E-state index < -0.39 is 0 Å². The Morgan fingerprint density at radius 1 is 1.83 bits per heavy atom. The lowest BCUT2D eigenvalue weighted by molar-refractivity contribution is 0.269. The molecule has 1 atom stereocenters. The van der Waals surface area contributed by atoms with E-state index >= 15 is 0 Å². The zero-order valence-electron chi connectivity index (χ0n) is 6.58. The number of ether oxygens (including phenoxy) is 1. The lowest BCUT2D eigenvalue weighted by Gasteiger charge is -2.02. The van der Waals surface area contributed by atoms with Crippen LogP contribution in [-0.4, -0.2) is 18.8 Å². The van der Waals surface area contributed by atoms with Crippen LogP contribution in [0.5, 0.6) is 5.06 Å². The van der Waals surface area contributed by atoms with Gasteiger partial charge in [-0.1, -0.05) is 0 Å². The fourth-order valence-corrected chi connectivity index (χ4v) is 2.44. The Morgan fingerprint density at radius 2 is 2.50 bits per heavy atom. The van der Waals surface area contributed by atoms with Crippen LogP contribution in [0.15, 0.2) is 10.5 Å². The standard InChI is InChI=1S/C7H10BrNO2S/c1-11-7-4(8)2-6(12-7)5(9)3-10/h2,5,10H,3,9H2,1H3. The molecule has 1 rings (SSSR count). The molecular weight excluding hydrogens is 242 g/mol. The molecule has 0 fully saturated rings. The normalized spacial score (nSPS) is 13.0. The predicted molar refractivity (Wildman–Crippen MR) is 52.6 cm³/mol. The monoisotopic (exact) mass is 251 g/mol. The highest BCUT2D eigenvalue weighted by atomic mass is 79.9. The van der Waals surface area contributed by atoms with Crippen molar-refractivity contribution in [1.82, 2.24) is 0 Å². The molecular formula is C7H10BrNO2S. The number of methoxy groups -OCH3 is 1. The van der Waals surface area contributed by atoms with Crippen LogP contribution in [0.25, 0.3) is 0 Å². The zero-order chi connectivity index (χ0) is 9.14. The lowest BCUT2D eigenvalue weighted by atomic mass is 10.3. The highest BCUT2D eigenvalue weighted by Gasteiger charge is 2.11. The second-order valence-electron chi connectivity index (χ2n) is 2.28. The van der Waals surface area contributed by atoms with Crippen molar-refractivity contribution >= 4 is 27.3 Å². The Morgan fingerprint density at radius 3 is 2.92 bits per heavy atom. The summed E-state index contributed by atoms with van der Waals surface area (Å²) < 4.78 is 5.94. The van der Waals surface area contributed by atoms with Gasteiger partial charge in [0.05, 0.1) is 24.2 Å². The SMILES string of the molecule is COc1sc(C(N)CO)cc1Br. The fraction of sp³-hybridized carbons (Fsp3) is 0.429. The molecule has 5 heteroatoms. The van der Waals surface area contributed by atoms with Gasteiger partial charge >= 0.3 is 0 Å². The van der Waals surface area contributed by atoms with Crippen LogP contribution in [0.3, 0.4) is 0 Å². The van der Waals surface area contributed by atoms with Crippen LogP contribution in [0.1, 0.15) is 10.9 Å². The van der Waals surface area contributed by atoms with E-state index in [0.29, 0.717) is 0 Å². The van der Waals surface area contributed by atoms with Crippen molar-refractivity contribution in [3.05, 3.63) is 15.4 Å². The van der Waals surface area contributed by atoms with Crippen LogP contribution in [0.2, 0.25) is 0 Å². The molecule has 0 aliphatic heterocycles. The number of aliphatic hydroxyl groups is 1. The molecule has 0 aliphatic rings. The third-order valence-corrected chi connectivity index (χ3v) is 3.50. The molecule has 12 heavy (non-hydrogen) atoms. The van der Waals surface area contributed by atoms with Crippen molar-refractivity contribution < 1.29 is 9.84 Å². The minimum absolute atomic E-state index is 0.0455. The average molecular weight is 252 g/mol. The van der Waals surface area contributed by atoms with Crippen molar-refractivity contribution in [2.75, 3.05) is 13.7 Å². The molecule has 0 bridgehead atoms. The smallest absolute Gasteiger partial charge is 0.188 e. The lowest BCUT2D eigenvalue weighted by Crippen LogP contribution is -2.12. The molecule has 0 saturated carbocycles. The van der Waals surface area contributed by atoms with Gasteiger partial charge in [-0.3, -0.25) is 0 Å². The molecule has 0 spiro atoms. The Balaban J connectivity index is 2.88. The van der Waals surface area contributed by atoms with Gasteiger partial charge in [-0.05, 0) is 22.0 Å². The van der Waals surface area contributed by atoms with Gasteiger partial charge in [0.15, 0.2) is 5.06 Å². The minimum Gasteiger partial charge on any atom is -0.486 e. The molecule has 0 aromatic carbocycles. The summed E-state index contributed by atoms with van der Waals surface area (Å²) in [5, 5.41) is 9.57. The molecule has 3 nitrogen and oxygen atoms in total. The first kappa shape index (κ1) is 9.98. The Labute approximate surface area is 83.3 Å². The fourth-order valence-electron chi connectivity index (χ4n) is 0.781. The Kier molecular flexibility index (Phi) is 3.52. The van der Waals surface area contributed by atoms with Crippen molar-refractivity contribution in [1.29, 1.82) is 0 Å². The van der Waals surface area contributed by atoms with Crippen LogP contribution < -0.4 is 10.5 Å². The number of rotatable bonds is 3. The summed E-state index contributed by atoms with van der Waals surface area (Å²) in [5.74, 6) is 0. The van der Waals surface area contributed by atoms with Crippen LogP contribution >= 0.6 is 27.3 Å². The van der Waals surface area contributed by atoms with Crippen molar-refractivity contribution in [3.63, 3.8) is 0 Å². The molecule has 0 radical (unpaired) electrons. The molecule has 1 aromatic rings. The van der Waals surface area contributed by atoms with Gasteiger partial charge in [0.1, 0.15) is 0 Å². The maximum Gasteiger partial charge on any atom is 0.188 e. The van der Waals surface area contributed by atoms with E-state index in [2.05, 4.69) is 15.9 Å². The van der Waals surface area contributed by atoms with E-state index in [1.54, 1.807) is 7.11 Å². The van der Waals surface area contributed by atoms with E-state index in [1.165, 1.54) is 11.3 Å². The Hall–Kier alpha value is -0.100. The maximum absolute atomic E-state index is 8.79. The topological polar surface area (TPSA) is 55.5 Å². The van der Waals surface area contributed by atoms with E-state index in [4.69, 9.17) is 15.6 Å². The maximum atomic E-state index is 8.79. The van der Waals surface area contributed by atoms with E-state index in [9.17, 15) is 0 Å². The largest absolute Gasteiger partial charge is 0.486 e. The summed E-state index contributed by atoms with van der Waals surface area (Å²) >= 11 is 4.76. The first-order chi connectivity index (χ1) is 5.69. The van der Waals surface area contributed by atoms with Gasteiger partial charge in [-0.2, -0.15) is 0 Å². The summed E-state index contributed by atoms with van der Waals surface area (Å²) in [5.41, 5.74) is 5.62. The van der Waals surface area contributed by atoms with Crippen LogP contribution in [0, 0.1) is 0 Å². The van der Waals surface area contributed by atoms with Gasteiger partial charge < -0.3 is 15.6 Å². The molecule has 3 N–H and O–H groups in total. The summed E-state index contributed by atoms with van der Waals surface area (Å²) in [6.45, 7) is -0.0455. The third-order valence-electron chi connectivity index (χ3n) is 1.42. The number of hydrogen-bond donors (Lipinski definition) is 2. The van der Waals surface area contributed by atoms with Crippen molar-refractivity contribution in [2.45, 2.75) is 6.04 Å². The van der Waals surface area contributed by atoms with E-state index in [1.807, 2.05) is 6.07 Å². The molecule has 0 saturated heterocycles. The van der Waals surface area contributed by atoms with Gasteiger partial charge in [0.2, 0.25) is 0 Å². The first-order valence-corrected chi connectivity index (χ1v) is 4.99. The van der Waals surface area contributed by atoms with E-state index in [-0.39, 0.29) is 12.6 Å². The van der Waals surface area contributed by atoms with E-state index in [0.717, 1.165) is 14.4 Å². The summed E-state index contributed by atoms with van der Waals surface area (Å²) in [6.07, 6.45) is 0. The second-order valence-corrected chi connectivity index (χ2v) is 4.18. The number of thiophene rings is 1. The van der Waals surface area contributed by atoms with Gasteiger partial charge in [-0.25, -0.2) is 0 Å².